The minimum atomic E-state index is -0.106. The van der Waals surface area contributed by atoms with Crippen LogP contribution in [0.1, 0.15) is 12.5 Å². The van der Waals surface area contributed by atoms with Gasteiger partial charge in [-0.05, 0) is 13.0 Å². The molecule has 70 valence electrons. The number of phenols is 1. The average molecular weight is 195 g/mol. The minimum absolute atomic E-state index is 0.106. The Kier molecular flexibility index (Phi) is 2.22. The summed E-state index contributed by atoms with van der Waals surface area (Å²) in [6.45, 7) is 3.12. The minimum Gasteiger partial charge on any atom is -0.508 e. The second kappa shape index (κ2) is 3.24. The second-order valence-corrected chi connectivity index (χ2v) is 4.84. The molecule has 3 heteroatoms. The highest BCUT2D eigenvalue weighted by Gasteiger charge is 2.32. The van der Waals surface area contributed by atoms with Crippen LogP contribution in [0.4, 0.5) is 0 Å². The Labute approximate surface area is 82.4 Å². The number of rotatable bonds is 1. The Hall–Kier alpha value is -0.670. The summed E-state index contributed by atoms with van der Waals surface area (Å²) in [5, 5.41) is 13.1. The first-order valence-electron chi connectivity index (χ1n) is 4.40. The van der Waals surface area contributed by atoms with Crippen LogP contribution in [-0.4, -0.2) is 17.4 Å². The number of benzene rings is 1. The van der Waals surface area contributed by atoms with Gasteiger partial charge in [0.2, 0.25) is 0 Å². The van der Waals surface area contributed by atoms with E-state index in [-0.39, 0.29) is 4.87 Å². The first-order chi connectivity index (χ1) is 6.22. The van der Waals surface area contributed by atoms with Gasteiger partial charge < -0.3 is 5.11 Å². The van der Waals surface area contributed by atoms with Crippen LogP contribution in [0.2, 0.25) is 0 Å². The third-order valence-electron chi connectivity index (χ3n) is 2.37. The zero-order valence-electron chi connectivity index (χ0n) is 7.58. The molecule has 0 aromatic heterocycles. The Bertz CT molecular complexity index is 308. The molecule has 2 N–H and O–H groups in total. The molecule has 1 aromatic carbocycles. The van der Waals surface area contributed by atoms with Gasteiger partial charge in [-0.15, -0.1) is 11.8 Å². The smallest absolute Gasteiger partial charge is 0.121 e. The van der Waals surface area contributed by atoms with E-state index >= 15 is 0 Å². The maximum Gasteiger partial charge on any atom is 0.121 e. The first-order valence-corrected chi connectivity index (χ1v) is 5.38. The van der Waals surface area contributed by atoms with Gasteiger partial charge in [-0.2, -0.15) is 0 Å². The molecule has 1 aliphatic rings. The van der Waals surface area contributed by atoms with Crippen molar-refractivity contribution in [1.29, 1.82) is 0 Å². The van der Waals surface area contributed by atoms with Crippen molar-refractivity contribution in [2.75, 3.05) is 12.3 Å². The van der Waals surface area contributed by atoms with E-state index in [0.29, 0.717) is 5.75 Å². The molecule has 0 amide bonds. The molecule has 2 rings (SSSR count). The fourth-order valence-electron chi connectivity index (χ4n) is 1.65. The highest BCUT2D eigenvalue weighted by Crippen LogP contribution is 2.40. The highest BCUT2D eigenvalue weighted by atomic mass is 32.2. The van der Waals surface area contributed by atoms with Crippen molar-refractivity contribution in [2.45, 2.75) is 11.8 Å². The molecule has 1 unspecified atom stereocenters. The van der Waals surface area contributed by atoms with E-state index < -0.39 is 0 Å². The van der Waals surface area contributed by atoms with E-state index in [2.05, 4.69) is 12.2 Å². The molecule has 1 atom stereocenters. The second-order valence-electron chi connectivity index (χ2n) is 3.33. The molecule has 0 spiro atoms. The van der Waals surface area contributed by atoms with Crippen molar-refractivity contribution in [3.05, 3.63) is 29.8 Å². The molecule has 13 heavy (non-hydrogen) atoms. The summed E-state index contributed by atoms with van der Waals surface area (Å²) in [7, 11) is 0. The third kappa shape index (κ3) is 1.54. The molecule has 1 saturated heterocycles. The molecule has 0 aliphatic carbocycles. The van der Waals surface area contributed by atoms with Gasteiger partial charge in [0.25, 0.3) is 0 Å². The van der Waals surface area contributed by atoms with Crippen LogP contribution in [0, 0.1) is 0 Å². The number of aromatic hydroxyl groups is 1. The summed E-state index contributed by atoms with van der Waals surface area (Å²) in [6, 6.07) is 7.52. The molecular formula is C10H13NOS. The molecule has 0 bridgehead atoms. The van der Waals surface area contributed by atoms with Gasteiger partial charge >= 0.3 is 0 Å². The molecule has 1 heterocycles. The van der Waals surface area contributed by atoms with Crippen molar-refractivity contribution < 1.29 is 5.11 Å². The van der Waals surface area contributed by atoms with Gasteiger partial charge in [0.1, 0.15) is 5.75 Å². The maximum atomic E-state index is 9.68. The zero-order chi connectivity index (χ0) is 9.31. The number of hydrogen-bond donors (Lipinski definition) is 2. The number of nitrogens with one attached hydrogen (secondary N) is 1. The third-order valence-corrected chi connectivity index (χ3v) is 3.72. The molecule has 2 nitrogen and oxygen atoms in total. The van der Waals surface area contributed by atoms with Gasteiger partial charge in [0.05, 0.1) is 4.87 Å². The summed E-state index contributed by atoms with van der Waals surface area (Å²) < 4.78 is 0. The largest absolute Gasteiger partial charge is 0.508 e. The summed E-state index contributed by atoms with van der Waals surface area (Å²) >= 11 is 1.84. The standard InChI is InChI=1S/C10H13NOS/c1-10(11-6-7-13-10)8-4-2-3-5-9(8)12/h2-5,11-12H,6-7H2,1H3. The summed E-state index contributed by atoms with van der Waals surface area (Å²) in [6.07, 6.45) is 0. The van der Waals surface area contributed by atoms with Crippen molar-refractivity contribution in [1.82, 2.24) is 5.32 Å². The van der Waals surface area contributed by atoms with Gasteiger partial charge in [0.15, 0.2) is 0 Å². The topological polar surface area (TPSA) is 32.3 Å². The lowest BCUT2D eigenvalue weighted by atomic mass is 10.1. The lowest BCUT2D eigenvalue weighted by molar-refractivity contribution is 0.449. The molecule has 0 saturated carbocycles. The van der Waals surface area contributed by atoms with Crippen LogP contribution in [0.3, 0.4) is 0 Å². The van der Waals surface area contributed by atoms with E-state index in [1.54, 1.807) is 6.07 Å². The quantitative estimate of drug-likeness (QED) is 0.718. The Morgan fingerprint density at radius 2 is 2.23 bits per heavy atom. The first kappa shape index (κ1) is 8.91. The fourth-order valence-corrected chi connectivity index (χ4v) is 2.79. The van der Waals surface area contributed by atoms with Crippen LogP contribution in [0.25, 0.3) is 0 Å². The number of phenolic OH excluding ortho intramolecular Hbond substituents is 1. The average Bonchev–Trinajstić information content (AvgIpc) is 2.54. The van der Waals surface area contributed by atoms with Crippen molar-refractivity contribution >= 4 is 11.8 Å². The summed E-state index contributed by atoms with van der Waals surface area (Å²) in [5.41, 5.74) is 0.984. The molecular weight excluding hydrogens is 182 g/mol. The fraction of sp³-hybridized carbons (Fsp3) is 0.400. The monoisotopic (exact) mass is 195 g/mol. The number of thioether (sulfide) groups is 1. The Balaban J connectivity index is 2.39. The molecule has 1 aliphatic heterocycles. The zero-order valence-corrected chi connectivity index (χ0v) is 8.40. The van der Waals surface area contributed by atoms with Crippen LogP contribution < -0.4 is 5.32 Å². The van der Waals surface area contributed by atoms with Crippen LogP contribution in [0.15, 0.2) is 24.3 Å². The SMILES string of the molecule is CC1(c2ccccc2O)NCCS1. The Morgan fingerprint density at radius 1 is 1.46 bits per heavy atom. The van der Waals surface area contributed by atoms with Crippen molar-refractivity contribution in [3.8, 4) is 5.75 Å². The van der Waals surface area contributed by atoms with E-state index in [9.17, 15) is 5.11 Å². The molecule has 1 fully saturated rings. The molecule has 0 radical (unpaired) electrons. The van der Waals surface area contributed by atoms with E-state index in [4.69, 9.17) is 0 Å². The van der Waals surface area contributed by atoms with Gasteiger partial charge in [-0.25, -0.2) is 0 Å². The van der Waals surface area contributed by atoms with E-state index in [0.717, 1.165) is 17.9 Å². The summed E-state index contributed by atoms with van der Waals surface area (Å²) in [4.78, 5) is -0.106. The van der Waals surface area contributed by atoms with Crippen molar-refractivity contribution in [3.63, 3.8) is 0 Å². The van der Waals surface area contributed by atoms with Gasteiger partial charge in [-0.3, -0.25) is 5.32 Å². The predicted molar refractivity (Wildman–Crippen MR) is 55.9 cm³/mol. The van der Waals surface area contributed by atoms with Gasteiger partial charge in [0, 0.05) is 17.9 Å². The van der Waals surface area contributed by atoms with Gasteiger partial charge in [-0.1, -0.05) is 18.2 Å². The lowest BCUT2D eigenvalue weighted by Crippen LogP contribution is -2.30. The van der Waals surface area contributed by atoms with Crippen LogP contribution in [-0.2, 0) is 4.87 Å². The maximum absolute atomic E-state index is 9.68. The highest BCUT2D eigenvalue weighted by molar-refractivity contribution is 8.00. The number of para-hydroxylation sites is 1. The van der Waals surface area contributed by atoms with E-state index in [1.165, 1.54) is 0 Å². The number of hydrogen-bond acceptors (Lipinski definition) is 3. The van der Waals surface area contributed by atoms with Crippen LogP contribution >= 0.6 is 11.8 Å². The normalized spacial score (nSPS) is 27.8. The summed E-state index contributed by atoms with van der Waals surface area (Å²) in [5.74, 6) is 1.48. The molecule has 1 aromatic rings. The van der Waals surface area contributed by atoms with Crippen molar-refractivity contribution in [2.24, 2.45) is 0 Å². The van der Waals surface area contributed by atoms with Crippen LogP contribution in [0.5, 0.6) is 5.75 Å². The lowest BCUT2D eigenvalue weighted by Gasteiger charge is -2.24. The van der Waals surface area contributed by atoms with E-state index in [1.807, 2.05) is 30.0 Å². The predicted octanol–water partition coefficient (Wildman–Crippen LogP) is 1.90. The Morgan fingerprint density at radius 3 is 2.85 bits per heavy atom.